The summed E-state index contributed by atoms with van der Waals surface area (Å²) in [5, 5.41) is 3.07. The third kappa shape index (κ3) is 3.45. The molecule has 0 amide bonds. The topological polar surface area (TPSA) is 43.4 Å². The van der Waals surface area contributed by atoms with E-state index in [1.165, 1.54) is 6.20 Å². The van der Waals surface area contributed by atoms with E-state index >= 15 is 0 Å². The van der Waals surface area contributed by atoms with Crippen molar-refractivity contribution in [2.75, 3.05) is 13.7 Å². The van der Waals surface area contributed by atoms with Gasteiger partial charge in [0.2, 0.25) is 0 Å². The Kier molecular flexibility index (Phi) is 4.90. The second-order valence-electron chi connectivity index (χ2n) is 4.15. The second kappa shape index (κ2) is 6.86. The SMILES string of the molecule is CCNCc1ccnc(Oc2cccc(OC)c2)c1F. The van der Waals surface area contributed by atoms with E-state index < -0.39 is 5.82 Å². The lowest BCUT2D eigenvalue weighted by Gasteiger charge is -2.09. The van der Waals surface area contributed by atoms with Crippen molar-refractivity contribution in [2.24, 2.45) is 0 Å². The summed E-state index contributed by atoms with van der Waals surface area (Å²) >= 11 is 0. The number of nitrogens with zero attached hydrogens (tertiary/aromatic N) is 1. The molecule has 5 heteroatoms. The fourth-order valence-electron chi connectivity index (χ4n) is 1.71. The van der Waals surface area contributed by atoms with Crippen LogP contribution in [0.2, 0.25) is 0 Å². The van der Waals surface area contributed by atoms with Gasteiger partial charge < -0.3 is 14.8 Å². The summed E-state index contributed by atoms with van der Waals surface area (Å²) in [7, 11) is 1.56. The fraction of sp³-hybridized carbons (Fsp3) is 0.267. The summed E-state index contributed by atoms with van der Waals surface area (Å²) in [5.74, 6) is 0.646. The quantitative estimate of drug-likeness (QED) is 0.880. The van der Waals surface area contributed by atoms with Gasteiger partial charge in [-0.15, -0.1) is 0 Å². The van der Waals surface area contributed by atoms with Crippen LogP contribution < -0.4 is 14.8 Å². The molecule has 20 heavy (non-hydrogen) atoms. The summed E-state index contributed by atoms with van der Waals surface area (Å²) in [6.45, 7) is 3.18. The molecule has 2 rings (SSSR count). The molecule has 2 aromatic rings. The lowest BCUT2D eigenvalue weighted by molar-refractivity contribution is 0.398. The van der Waals surface area contributed by atoms with Gasteiger partial charge in [0.1, 0.15) is 11.5 Å². The summed E-state index contributed by atoms with van der Waals surface area (Å²) in [4.78, 5) is 3.93. The molecule has 1 heterocycles. The summed E-state index contributed by atoms with van der Waals surface area (Å²) in [5.41, 5.74) is 0.528. The van der Waals surface area contributed by atoms with Crippen molar-refractivity contribution in [1.29, 1.82) is 0 Å². The van der Waals surface area contributed by atoms with Gasteiger partial charge in [-0.3, -0.25) is 0 Å². The van der Waals surface area contributed by atoms with Crippen LogP contribution in [0.4, 0.5) is 4.39 Å². The average molecular weight is 276 g/mol. The molecule has 0 saturated heterocycles. The van der Waals surface area contributed by atoms with Crippen molar-refractivity contribution >= 4 is 0 Å². The van der Waals surface area contributed by atoms with Gasteiger partial charge in [-0.25, -0.2) is 9.37 Å². The number of aromatic nitrogens is 1. The van der Waals surface area contributed by atoms with E-state index in [-0.39, 0.29) is 5.88 Å². The summed E-state index contributed by atoms with van der Waals surface area (Å²) < 4.78 is 24.8. The van der Waals surface area contributed by atoms with Crippen LogP contribution in [0.15, 0.2) is 36.5 Å². The number of methoxy groups -OCH3 is 1. The highest BCUT2D eigenvalue weighted by molar-refractivity contribution is 5.36. The van der Waals surface area contributed by atoms with Crippen LogP contribution in [-0.4, -0.2) is 18.6 Å². The number of nitrogens with one attached hydrogen (secondary N) is 1. The Hall–Kier alpha value is -2.14. The second-order valence-corrected chi connectivity index (χ2v) is 4.15. The molecule has 0 aliphatic heterocycles. The van der Waals surface area contributed by atoms with Crippen molar-refractivity contribution in [1.82, 2.24) is 10.3 Å². The Bertz CT molecular complexity index is 576. The summed E-state index contributed by atoms with van der Waals surface area (Å²) in [6.07, 6.45) is 1.53. The van der Waals surface area contributed by atoms with Crippen LogP contribution in [0, 0.1) is 5.82 Å². The molecule has 0 fully saturated rings. The first-order valence-electron chi connectivity index (χ1n) is 6.40. The van der Waals surface area contributed by atoms with E-state index in [9.17, 15) is 4.39 Å². The molecule has 0 unspecified atom stereocenters. The molecular weight excluding hydrogens is 259 g/mol. The molecule has 0 aliphatic rings. The van der Waals surface area contributed by atoms with Crippen LogP contribution in [0.1, 0.15) is 12.5 Å². The van der Waals surface area contributed by atoms with Crippen molar-refractivity contribution in [3.63, 3.8) is 0 Å². The van der Waals surface area contributed by atoms with Crippen LogP contribution in [0.25, 0.3) is 0 Å². The molecular formula is C15H17FN2O2. The first kappa shape index (κ1) is 14.3. The predicted octanol–water partition coefficient (Wildman–Crippen LogP) is 3.13. The van der Waals surface area contributed by atoms with Gasteiger partial charge in [0.15, 0.2) is 5.82 Å². The Balaban J connectivity index is 2.20. The number of pyridine rings is 1. The molecule has 0 atom stereocenters. The fourth-order valence-corrected chi connectivity index (χ4v) is 1.71. The zero-order valence-corrected chi connectivity index (χ0v) is 11.5. The minimum atomic E-state index is -0.448. The van der Waals surface area contributed by atoms with Crippen LogP contribution in [0.3, 0.4) is 0 Å². The first-order chi connectivity index (χ1) is 9.74. The molecule has 0 bridgehead atoms. The monoisotopic (exact) mass is 276 g/mol. The van der Waals surface area contributed by atoms with Gasteiger partial charge in [0.25, 0.3) is 5.88 Å². The zero-order chi connectivity index (χ0) is 14.4. The maximum Gasteiger partial charge on any atom is 0.256 e. The lowest BCUT2D eigenvalue weighted by atomic mass is 10.2. The maximum atomic E-state index is 14.2. The highest BCUT2D eigenvalue weighted by Gasteiger charge is 2.11. The van der Waals surface area contributed by atoms with Gasteiger partial charge in [0, 0.05) is 24.4 Å². The third-order valence-electron chi connectivity index (χ3n) is 2.76. The van der Waals surface area contributed by atoms with E-state index in [0.717, 1.165) is 6.54 Å². The van der Waals surface area contributed by atoms with Crippen LogP contribution in [0.5, 0.6) is 17.4 Å². The number of hydrogen-bond donors (Lipinski definition) is 1. The number of ether oxygens (including phenoxy) is 2. The van der Waals surface area contributed by atoms with E-state index in [2.05, 4.69) is 10.3 Å². The summed E-state index contributed by atoms with van der Waals surface area (Å²) in [6, 6.07) is 8.60. The van der Waals surface area contributed by atoms with Crippen molar-refractivity contribution in [3.8, 4) is 17.4 Å². The standard InChI is InChI=1S/C15H17FN2O2/c1-3-17-10-11-7-8-18-15(14(11)16)20-13-6-4-5-12(9-13)19-2/h4-9,17H,3,10H2,1-2H3. The molecule has 4 nitrogen and oxygen atoms in total. The van der Waals surface area contributed by atoms with Gasteiger partial charge in [0.05, 0.1) is 7.11 Å². The first-order valence-corrected chi connectivity index (χ1v) is 6.40. The molecule has 0 radical (unpaired) electrons. The van der Waals surface area contributed by atoms with E-state index in [4.69, 9.17) is 9.47 Å². The van der Waals surface area contributed by atoms with Gasteiger partial charge in [-0.1, -0.05) is 13.0 Å². The van der Waals surface area contributed by atoms with Crippen LogP contribution >= 0.6 is 0 Å². The number of benzene rings is 1. The third-order valence-corrected chi connectivity index (χ3v) is 2.76. The van der Waals surface area contributed by atoms with Crippen molar-refractivity contribution in [2.45, 2.75) is 13.5 Å². The normalized spacial score (nSPS) is 10.3. The van der Waals surface area contributed by atoms with E-state index in [1.54, 1.807) is 37.4 Å². The number of hydrogen-bond acceptors (Lipinski definition) is 4. The predicted molar refractivity (Wildman–Crippen MR) is 74.6 cm³/mol. The number of rotatable bonds is 6. The minimum absolute atomic E-state index is 0.0337. The Morgan fingerprint density at radius 1 is 1.25 bits per heavy atom. The lowest BCUT2D eigenvalue weighted by Crippen LogP contribution is -2.13. The van der Waals surface area contributed by atoms with E-state index in [0.29, 0.717) is 23.6 Å². The Morgan fingerprint density at radius 3 is 2.80 bits per heavy atom. The molecule has 1 aromatic heterocycles. The zero-order valence-electron chi connectivity index (χ0n) is 11.5. The van der Waals surface area contributed by atoms with Gasteiger partial charge >= 0.3 is 0 Å². The van der Waals surface area contributed by atoms with Gasteiger partial charge in [-0.05, 0) is 24.7 Å². The largest absolute Gasteiger partial charge is 0.497 e. The van der Waals surface area contributed by atoms with E-state index in [1.807, 2.05) is 6.92 Å². The molecule has 0 aliphatic carbocycles. The molecule has 1 aromatic carbocycles. The van der Waals surface area contributed by atoms with Crippen molar-refractivity contribution in [3.05, 3.63) is 47.9 Å². The Labute approximate surface area is 117 Å². The highest BCUT2D eigenvalue weighted by Crippen LogP contribution is 2.26. The Morgan fingerprint density at radius 2 is 2.05 bits per heavy atom. The molecule has 106 valence electrons. The number of halogens is 1. The average Bonchev–Trinajstić information content (AvgIpc) is 2.48. The minimum Gasteiger partial charge on any atom is -0.497 e. The smallest absolute Gasteiger partial charge is 0.256 e. The molecule has 1 N–H and O–H groups in total. The van der Waals surface area contributed by atoms with Crippen LogP contribution in [-0.2, 0) is 6.54 Å². The maximum absolute atomic E-state index is 14.2. The van der Waals surface area contributed by atoms with Gasteiger partial charge in [-0.2, -0.15) is 0 Å². The highest BCUT2D eigenvalue weighted by atomic mass is 19.1. The molecule has 0 spiro atoms. The molecule has 0 saturated carbocycles. The van der Waals surface area contributed by atoms with Crippen molar-refractivity contribution < 1.29 is 13.9 Å².